The van der Waals surface area contributed by atoms with E-state index in [9.17, 15) is 0 Å². The van der Waals surface area contributed by atoms with Crippen LogP contribution in [0.25, 0.3) is 0 Å². The smallest absolute Gasteiger partial charge is 0.123 e. The molecule has 0 bridgehead atoms. The summed E-state index contributed by atoms with van der Waals surface area (Å²) in [6, 6.07) is 5.56. The maximum Gasteiger partial charge on any atom is 0.123 e. The fraction of sp³-hybridized carbons (Fsp3) is 0.429. The van der Waals surface area contributed by atoms with Crippen LogP contribution >= 0.6 is 0 Å². The minimum atomic E-state index is -0.104. The van der Waals surface area contributed by atoms with Crippen LogP contribution in [-0.2, 0) is 0 Å². The van der Waals surface area contributed by atoms with Gasteiger partial charge in [0.15, 0.2) is 0 Å². The second-order valence-electron chi connectivity index (χ2n) is 4.02. The van der Waals surface area contributed by atoms with Gasteiger partial charge in [0, 0.05) is 11.6 Å². The molecule has 0 heterocycles. The third-order valence-corrected chi connectivity index (χ3v) is 2.84. The molecular weight excluding hydrogens is 214 g/mol. The molecule has 0 saturated heterocycles. The zero-order valence-electron chi connectivity index (χ0n) is 10.8. The summed E-state index contributed by atoms with van der Waals surface area (Å²) in [5.74, 6) is 1.58. The van der Waals surface area contributed by atoms with Gasteiger partial charge in [-0.25, -0.2) is 0 Å². The Kier molecular flexibility index (Phi) is 5.04. The first-order valence-electron chi connectivity index (χ1n) is 5.76. The van der Waals surface area contributed by atoms with E-state index in [2.05, 4.69) is 13.5 Å². The topological polar surface area (TPSA) is 44.5 Å². The first kappa shape index (κ1) is 13.6. The zero-order valence-corrected chi connectivity index (χ0v) is 10.8. The lowest BCUT2D eigenvalue weighted by Gasteiger charge is -2.17. The maximum atomic E-state index is 6.18. The van der Waals surface area contributed by atoms with E-state index in [4.69, 9.17) is 15.2 Å². The van der Waals surface area contributed by atoms with Crippen molar-refractivity contribution in [2.45, 2.75) is 25.8 Å². The summed E-state index contributed by atoms with van der Waals surface area (Å²) in [6.45, 7) is 6.07. The van der Waals surface area contributed by atoms with Crippen molar-refractivity contribution in [1.82, 2.24) is 0 Å². The van der Waals surface area contributed by atoms with Gasteiger partial charge in [-0.1, -0.05) is 19.1 Å². The van der Waals surface area contributed by atoms with Crippen LogP contribution in [0.15, 0.2) is 30.4 Å². The highest BCUT2D eigenvalue weighted by atomic mass is 16.5. The number of hydrogen-bond acceptors (Lipinski definition) is 3. The first-order chi connectivity index (χ1) is 8.12. The zero-order chi connectivity index (χ0) is 12.8. The largest absolute Gasteiger partial charge is 0.497 e. The number of hydrogen-bond donors (Lipinski definition) is 1. The summed E-state index contributed by atoms with van der Waals surface area (Å²) in [7, 11) is 3.29. The standard InChI is InChI=1S/C14H21NO2/c1-5-10(2)8-13(15)12-9-11(16-3)6-7-14(12)17-4/h6-7,9,13H,2,5,8,15H2,1,3-4H3. The highest BCUT2D eigenvalue weighted by Crippen LogP contribution is 2.31. The first-order valence-corrected chi connectivity index (χ1v) is 5.76. The van der Waals surface area contributed by atoms with Crippen molar-refractivity contribution in [2.75, 3.05) is 14.2 Å². The van der Waals surface area contributed by atoms with Crippen LogP contribution in [0.2, 0.25) is 0 Å². The Balaban J connectivity index is 2.96. The third kappa shape index (κ3) is 3.49. The van der Waals surface area contributed by atoms with Crippen LogP contribution in [0.1, 0.15) is 31.4 Å². The van der Waals surface area contributed by atoms with Crippen molar-refractivity contribution >= 4 is 0 Å². The maximum absolute atomic E-state index is 6.18. The monoisotopic (exact) mass is 235 g/mol. The Labute approximate surface area is 103 Å². The summed E-state index contributed by atoms with van der Waals surface area (Å²) in [4.78, 5) is 0. The van der Waals surface area contributed by atoms with Crippen LogP contribution in [-0.4, -0.2) is 14.2 Å². The van der Waals surface area contributed by atoms with E-state index in [0.717, 1.165) is 35.5 Å². The highest BCUT2D eigenvalue weighted by molar-refractivity contribution is 5.42. The van der Waals surface area contributed by atoms with Gasteiger partial charge in [0.1, 0.15) is 11.5 Å². The highest BCUT2D eigenvalue weighted by Gasteiger charge is 2.13. The Morgan fingerprint density at radius 2 is 2.06 bits per heavy atom. The van der Waals surface area contributed by atoms with E-state index in [-0.39, 0.29) is 6.04 Å². The normalized spacial score (nSPS) is 12.0. The number of ether oxygens (including phenoxy) is 2. The molecule has 1 aromatic rings. The van der Waals surface area contributed by atoms with Gasteiger partial charge in [0.2, 0.25) is 0 Å². The van der Waals surface area contributed by atoms with Gasteiger partial charge in [-0.3, -0.25) is 0 Å². The molecule has 0 aliphatic heterocycles. The van der Waals surface area contributed by atoms with Gasteiger partial charge in [0.05, 0.1) is 14.2 Å². The van der Waals surface area contributed by atoms with Gasteiger partial charge in [0.25, 0.3) is 0 Å². The van der Waals surface area contributed by atoms with Crippen molar-refractivity contribution in [2.24, 2.45) is 5.73 Å². The lowest BCUT2D eigenvalue weighted by molar-refractivity contribution is 0.395. The molecule has 1 unspecified atom stereocenters. The van der Waals surface area contributed by atoms with E-state index in [0.29, 0.717) is 0 Å². The average molecular weight is 235 g/mol. The molecule has 1 rings (SSSR count). The third-order valence-electron chi connectivity index (χ3n) is 2.84. The molecule has 0 amide bonds. The number of nitrogens with two attached hydrogens (primary N) is 1. The van der Waals surface area contributed by atoms with Gasteiger partial charge >= 0.3 is 0 Å². The molecular formula is C14H21NO2. The molecule has 1 aromatic carbocycles. The predicted molar refractivity (Wildman–Crippen MR) is 70.5 cm³/mol. The number of benzene rings is 1. The van der Waals surface area contributed by atoms with Crippen molar-refractivity contribution in [3.63, 3.8) is 0 Å². The van der Waals surface area contributed by atoms with E-state index in [1.165, 1.54) is 0 Å². The molecule has 3 nitrogen and oxygen atoms in total. The summed E-state index contributed by atoms with van der Waals surface area (Å²) >= 11 is 0. The Bertz CT molecular complexity index is 388. The Morgan fingerprint density at radius 3 is 2.59 bits per heavy atom. The van der Waals surface area contributed by atoms with E-state index >= 15 is 0 Å². The van der Waals surface area contributed by atoms with Crippen LogP contribution in [0.3, 0.4) is 0 Å². The average Bonchev–Trinajstić information content (AvgIpc) is 2.37. The number of rotatable bonds is 6. The van der Waals surface area contributed by atoms with Crippen molar-refractivity contribution in [3.8, 4) is 11.5 Å². The molecule has 0 fully saturated rings. The van der Waals surface area contributed by atoms with E-state index in [1.807, 2.05) is 18.2 Å². The van der Waals surface area contributed by atoms with Crippen LogP contribution in [0, 0.1) is 0 Å². The fourth-order valence-corrected chi connectivity index (χ4v) is 1.69. The fourth-order valence-electron chi connectivity index (χ4n) is 1.69. The number of methoxy groups -OCH3 is 2. The van der Waals surface area contributed by atoms with Gasteiger partial charge < -0.3 is 15.2 Å². The molecule has 17 heavy (non-hydrogen) atoms. The Morgan fingerprint density at radius 1 is 1.35 bits per heavy atom. The summed E-state index contributed by atoms with van der Waals surface area (Å²) < 4.78 is 10.5. The second-order valence-corrected chi connectivity index (χ2v) is 4.02. The minimum absolute atomic E-state index is 0.104. The molecule has 0 aliphatic carbocycles. The molecule has 2 N–H and O–H groups in total. The van der Waals surface area contributed by atoms with Gasteiger partial charge in [-0.15, -0.1) is 0 Å². The van der Waals surface area contributed by atoms with Crippen molar-refractivity contribution in [1.29, 1.82) is 0 Å². The van der Waals surface area contributed by atoms with Gasteiger partial charge in [-0.2, -0.15) is 0 Å². The molecule has 1 atom stereocenters. The molecule has 3 heteroatoms. The van der Waals surface area contributed by atoms with Crippen LogP contribution in [0.4, 0.5) is 0 Å². The summed E-state index contributed by atoms with van der Waals surface area (Å²) in [5.41, 5.74) is 8.28. The SMILES string of the molecule is C=C(CC)CC(N)c1cc(OC)ccc1OC. The molecule has 0 aliphatic rings. The summed E-state index contributed by atoms with van der Waals surface area (Å²) in [6.07, 6.45) is 1.71. The summed E-state index contributed by atoms with van der Waals surface area (Å²) in [5, 5.41) is 0. The lowest BCUT2D eigenvalue weighted by atomic mass is 9.98. The molecule has 0 spiro atoms. The minimum Gasteiger partial charge on any atom is -0.497 e. The Hall–Kier alpha value is -1.48. The lowest BCUT2D eigenvalue weighted by Crippen LogP contribution is -2.12. The van der Waals surface area contributed by atoms with Crippen molar-refractivity contribution < 1.29 is 9.47 Å². The van der Waals surface area contributed by atoms with E-state index < -0.39 is 0 Å². The quantitative estimate of drug-likeness (QED) is 0.771. The molecule has 0 saturated carbocycles. The predicted octanol–water partition coefficient (Wildman–Crippen LogP) is 3.06. The van der Waals surface area contributed by atoms with Crippen molar-refractivity contribution in [3.05, 3.63) is 35.9 Å². The molecule has 0 aromatic heterocycles. The van der Waals surface area contributed by atoms with Crippen LogP contribution < -0.4 is 15.2 Å². The van der Waals surface area contributed by atoms with E-state index in [1.54, 1.807) is 14.2 Å². The molecule has 0 radical (unpaired) electrons. The molecule has 94 valence electrons. The van der Waals surface area contributed by atoms with Crippen LogP contribution in [0.5, 0.6) is 11.5 Å². The van der Waals surface area contributed by atoms with Gasteiger partial charge in [-0.05, 0) is 31.0 Å². The second kappa shape index (κ2) is 6.30.